The van der Waals surface area contributed by atoms with Gasteiger partial charge in [-0.05, 0) is 31.2 Å². The number of ether oxygens (including phenoxy) is 1. The molecule has 0 spiro atoms. The number of aromatic nitrogens is 1. The van der Waals surface area contributed by atoms with Crippen LogP contribution in [0.5, 0.6) is 0 Å². The predicted molar refractivity (Wildman–Crippen MR) is 91.4 cm³/mol. The SMILES string of the molecule is Cc1oc(-c2cccs2)nc1CC(=O)NCC1(C(=O)O)CCOCC1. The molecule has 0 saturated carbocycles. The zero-order valence-corrected chi connectivity index (χ0v) is 14.7. The van der Waals surface area contributed by atoms with Crippen molar-refractivity contribution in [3.63, 3.8) is 0 Å². The highest BCUT2D eigenvalue weighted by molar-refractivity contribution is 7.13. The lowest BCUT2D eigenvalue weighted by molar-refractivity contribution is -0.154. The molecule has 3 heterocycles. The Morgan fingerprint density at radius 1 is 1.40 bits per heavy atom. The fourth-order valence-electron chi connectivity index (χ4n) is 2.81. The highest BCUT2D eigenvalue weighted by atomic mass is 32.1. The summed E-state index contributed by atoms with van der Waals surface area (Å²) in [5.41, 5.74) is -0.383. The van der Waals surface area contributed by atoms with Crippen LogP contribution in [0.2, 0.25) is 0 Å². The highest BCUT2D eigenvalue weighted by Gasteiger charge is 2.40. The van der Waals surface area contributed by atoms with Crippen molar-refractivity contribution in [2.24, 2.45) is 5.41 Å². The number of oxazole rings is 1. The van der Waals surface area contributed by atoms with Crippen molar-refractivity contribution in [1.29, 1.82) is 0 Å². The molecule has 2 N–H and O–H groups in total. The maximum atomic E-state index is 12.3. The number of aliphatic carboxylic acids is 1. The summed E-state index contributed by atoms with van der Waals surface area (Å²) in [6.07, 6.45) is 0.856. The minimum atomic E-state index is -0.949. The van der Waals surface area contributed by atoms with Crippen LogP contribution in [0, 0.1) is 12.3 Å². The number of carboxylic acid groups (broad SMARTS) is 1. The van der Waals surface area contributed by atoms with Gasteiger partial charge in [-0.15, -0.1) is 11.3 Å². The first kappa shape index (κ1) is 17.6. The Balaban J connectivity index is 1.62. The van der Waals surface area contributed by atoms with Gasteiger partial charge in [0.2, 0.25) is 11.8 Å². The molecule has 2 aromatic heterocycles. The van der Waals surface area contributed by atoms with Crippen molar-refractivity contribution in [2.75, 3.05) is 19.8 Å². The number of nitrogens with one attached hydrogen (secondary N) is 1. The second kappa shape index (κ2) is 7.37. The molecule has 0 atom stereocenters. The summed E-state index contributed by atoms with van der Waals surface area (Å²) in [6, 6.07) is 3.81. The number of amides is 1. The first-order valence-electron chi connectivity index (χ1n) is 8.08. The van der Waals surface area contributed by atoms with E-state index in [1.54, 1.807) is 6.92 Å². The molecule has 0 unspecified atom stereocenters. The molecule has 2 aromatic rings. The van der Waals surface area contributed by atoms with E-state index < -0.39 is 11.4 Å². The normalized spacial score (nSPS) is 16.5. The van der Waals surface area contributed by atoms with E-state index in [9.17, 15) is 14.7 Å². The van der Waals surface area contributed by atoms with Crippen LogP contribution in [-0.2, 0) is 20.7 Å². The van der Waals surface area contributed by atoms with Gasteiger partial charge in [0, 0.05) is 19.8 Å². The summed E-state index contributed by atoms with van der Waals surface area (Å²) >= 11 is 1.51. The summed E-state index contributed by atoms with van der Waals surface area (Å²) in [7, 11) is 0. The second-order valence-corrected chi connectivity index (χ2v) is 7.10. The largest absolute Gasteiger partial charge is 0.481 e. The van der Waals surface area contributed by atoms with E-state index in [0.717, 1.165) is 4.88 Å². The summed E-state index contributed by atoms with van der Waals surface area (Å²) in [6.45, 7) is 2.66. The number of aryl methyl sites for hydroxylation is 1. The van der Waals surface area contributed by atoms with Gasteiger partial charge >= 0.3 is 5.97 Å². The van der Waals surface area contributed by atoms with Gasteiger partial charge < -0.3 is 19.6 Å². The molecule has 0 aliphatic carbocycles. The van der Waals surface area contributed by atoms with E-state index in [2.05, 4.69) is 10.3 Å². The number of thiophene rings is 1. The fourth-order valence-corrected chi connectivity index (χ4v) is 3.46. The minimum Gasteiger partial charge on any atom is -0.481 e. The molecular formula is C17H20N2O5S. The summed E-state index contributed by atoms with van der Waals surface area (Å²) in [5.74, 6) is -0.0609. The Labute approximate surface area is 149 Å². The summed E-state index contributed by atoms with van der Waals surface area (Å²) in [5, 5.41) is 14.2. The third-order valence-corrected chi connectivity index (χ3v) is 5.34. The molecule has 25 heavy (non-hydrogen) atoms. The molecule has 3 rings (SSSR count). The van der Waals surface area contributed by atoms with Gasteiger partial charge in [0.05, 0.1) is 22.4 Å². The lowest BCUT2D eigenvalue weighted by atomic mass is 9.80. The summed E-state index contributed by atoms with van der Waals surface area (Å²) in [4.78, 5) is 29.1. The molecule has 134 valence electrons. The second-order valence-electron chi connectivity index (χ2n) is 6.15. The van der Waals surface area contributed by atoms with Gasteiger partial charge in [0.1, 0.15) is 5.76 Å². The van der Waals surface area contributed by atoms with E-state index in [1.165, 1.54) is 11.3 Å². The molecule has 1 aliphatic rings. The summed E-state index contributed by atoms with van der Waals surface area (Å²) < 4.78 is 10.9. The topological polar surface area (TPSA) is 102 Å². The monoisotopic (exact) mass is 364 g/mol. The Kier molecular flexibility index (Phi) is 5.19. The van der Waals surface area contributed by atoms with E-state index in [1.807, 2.05) is 17.5 Å². The molecule has 1 amide bonds. The van der Waals surface area contributed by atoms with Gasteiger partial charge in [-0.2, -0.15) is 0 Å². The van der Waals surface area contributed by atoms with Crippen molar-refractivity contribution in [1.82, 2.24) is 10.3 Å². The van der Waals surface area contributed by atoms with Crippen LogP contribution in [0.3, 0.4) is 0 Å². The zero-order chi connectivity index (χ0) is 17.9. The van der Waals surface area contributed by atoms with E-state index in [0.29, 0.717) is 43.4 Å². The fraction of sp³-hybridized carbons (Fsp3) is 0.471. The van der Waals surface area contributed by atoms with Crippen molar-refractivity contribution < 1.29 is 23.8 Å². The quantitative estimate of drug-likeness (QED) is 0.815. The molecule has 0 aromatic carbocycles. The Morgan fingerprint density at radius 3 is 2.80 bits per heavy atom. The number of carbonyl (C=O) groups excluding carboxylic acids is 1. The Bertz CT molecular complexity index is 747. The van der Waals surface area contributed by atoms with Crippen molar-refractivity contribution >= 4 is 23.2 Å². The minimum absolute atomic E-state index is 0.0624. The van der Waals surface area contributed by atoms with Gasteiger partial charge in [0.25, 0.3) is 0 Å². The lowest BCUT2D eigenvalue weighted by Crippen LogP contribution is -2.46. The van der Waals surface area contributed by atoms with Crippen LogP contribution in [-0.4, -0.2) is 41.7 Å². The number of hydrogen-bond acceptors (Lipinski definition) is 6. The number of carboxylic acids is 1. The number of rotatable bonds is 6. The van der Waals surface area contributed by atoms with Crippen LogP contribution < -0.4 is 5.32 Å². The first-order valence-corrected chi connectivity index (χ1v) is 8.96. The molecule has 8 heteroatoms. The number of nitrogens with zero attached hydrogens (tertiary/aromatic N) is 1. The molecule has 0 radical (unpaired) electrons. The van der Waals surface area contributed by atoms with E-state index in [4.69, 9.17) is 9.15 Å². The Hall–Kier alpha value is -2.19. The maximum absolute atomic E-state index is 12.3. The number of hydrogen-bond donors (Lipinski definition) is 2. The van der Waals surface area contributed by atoms with Crippen LogP contribution in [0.1, 0.15) is 24.3 Å². The van der Waals surface area contributed by atoms with Gasteiger partial charge in [-0.3, -0.25) is 9.59 Å². The zero-order valence-electron chi connectivity index (χ0n) is 13.9. The molecule has 7 nitrogen and oxygen atoms in total. The molecule has 1 fully saturated rings. The van der Waals surface area contributed by atoms with Gasteiger partial charge in [0.15, 0.2) is 0 Å². The third kappa shape index (κ3) is 3.91. The van der Waals surface area contributed by atoms with Crippen molar-refractivity contribution in [3.05, 3.63) is 29.0 Å². The first-order chi connectivity index (χ1) is 12.0. The third-order valence-electron chi connectivity index (χ3n) is 4.48. The van der Waals surface area contributed by atoms with Crippen LogP contribution in [0.25, 0.3) is 10.8 Å². The molecule has 1 saturated heterocycles. The number of carbonyl (C=O) groups is 2. The van der Waals surface area contributed by atoms with Crippen molar-refractivity contribution in [3.8, 4) is 10.8 Å². The van der Waals surface area contributed by atoms with Crippen LogP contribution in [0.4, 0.5) is 0 Å². The smallest absolute Gasteiger partial charge is 0.311 e. The predicted octanol–water partition coefficient (Wildman–Crippen LogP) is 2.25. The average Bonchev–Trinajstić information content (AvgIpc) is 3.24. The average molecular weight is 364 g/mol. The van der Waals surface area contributed by atoms with Gasteiger partial charge in [-0.1, -0.05) is 6.07 Å². The Morgan fingerprint density at radius 2 is 2.16 bits per heavy atom. The van der Waals surface area contributed by atoms with Crippen molar-refractivity contribution in [2.45, 2.75) is 26.2 Å². The standard InChI is InChI=1S/C17H20N2O5S/c1-11-12(19-15(24-11)13-3-2-8-25-13)9-14(20)18-10-17(16(21)22)4-6-23-7-5-17/h2-3,8H,4-7,9-10H2,1H3,(H,18,20)(H,21,22). The van der Waals surface area contributed by atoms with Crippen LogP contribution in [0.15, 0.2) is 21.9 Å². The lowest BCUT2D eigenvalue weighted by Gasteiger charge is -2.33. The van der Waals surface area contributed by atoms with Gasteiger partial charge in [-0.25, -0.2) is 4.98 Å². The van der Waals surface area contributed by atoms with E-state index >= 15 is 0 Å². The molecular weight excluding hydrogens is 344 g/mol. The molecule has 1 aliphatic heterocycles. The van der Waals surface area contributed by atoms with Crippen LogP contribution >= 0.6 is 11.3 Å². The molecule has 0 bridgehead atoms. The maximum Gasteiger partial charge on any atom is 0.311 e. The highest BCUT2D eigenvalue weighted by Crippen LogP contribution is 2.30. The van der Waals surface area contributed by atoms with E-state index in [-0.39, 0.29) is 18.9 Å².